The number of methoxy groups -OCH3 is 1. The smallest absolute Gasteiger partial charge is 0.260 e. The fourth-order valence-corrected chi connectivity index (χ4v) is 4.82. The molecule has 0 radical (unpaired) electrons. The van der Waals surface area contributed by atoms with E-state index >= 15 is 0 Å². The Morgan fingerprint density at radius 1 is 1.33 bits per heavy atom. The van der Waals surface area contributed by atoms with Gasteiger partial charge in [-0.2, -0.15) is 5.10 Å². The van der Waals surface area contributed by atoms with Crippen LogP contribution in [0, 0.1) is 6.92 Å². The Kier molecular flexibility index (Phi) is 5.62. The predicted molar refractivity (Wildman–Crippen MR) is 118 cm³/mol. The third kappa shape index (κ3) is 4.24. The molecule has 1 aliphatic rings. The normalized spacial score (nSPS) is 15.7. The lowest BCUT2D eigenvalue weighted by molar-refractivity contribution is -0.131. The van der Waals surface area contributed by atoms with E-state index in [1.54, 1.807) is 37.0 Å². The minimum atomic E-state index is -0.285. The molecule has 0 saturated carbocycles. The Labute approximate surface area is 185 Å². The van der Waals surface area contributed by atoms with Gasteiger partial charge in [-0.3, -0.25) is 19.5 Å². The van der Waals surface area contributed by atoms with Crippen LogP contribution in [0.2, 0.25) is 0 Å². The third-order valence-corrected chi connectivity index (χ3v) is 6.60. The monoisotopic (exact) mass is 492 g/mol. The van der Waals surface area contributed by atoms with Crippen LogP contribution in [0.3, 0.4) is 0 Å². The molecule has 4 heterocycles. The number of likely N-dealkylation sites (tertiary alicyclic amines) is 1. The molecule has 30 heavy (non-hydrogen) atoms. The molecule has 4 rings (SSSR count). The number of anilines is 2. The molecule has 0 atom stereocenters. The zero-order chi connectivity index (χ0) is 21.5. The maximum atomic E-state index is 12.8. The summed E-state index contributed by atoms with van der Waals surface area (Å²) < 4.78 is 7.93. The molecule has 3 aromatic rings. The van der Waals surface area contributed by atoms with Crippen LogP contribution in [-0.4, -0.2) is 63.7 Å². The standard InChI is InChI=1S/C19H21BrN6O3S/c1-11-14(24-17(28)13-6-22-26-7-15(20)30-18(13)26)4-12(5-21-11)23-16(27)8-25-9-19(2,10-25)29-3/h4-7H,8-10H2,1-3H3,(H,23,27)(H,24,28). The van der Waals surface area contributed by atoms with Crippen LogP contribution in [0.15, 0.2) is 28.4 Å². The number of hydrogen-bond acceptors (Lipinski definition) is 7. The number of pyridine rings is 1. The molecule has 11 heteroatoms. The van der Waals surface area contributed by atoms with Crippen LogP contribution in [-0.2, 0) is 9.53 Å². The maximum absolute atomic E-state index is 12.8. The van der Waals surface area contributed by atoms with Crippen LogP contribution >= 0.6 is 27.3 Å². The summed E-state index contributed by atoms with van der Waals surface area (Å²) in [4.78, 5) is 32.1. The summed E-state index contributed by atoms with van der Waals surface area (Å²) in [6, 6.07) is 1.71. The van der Waals surface area contributed by atoms with Gasteiger partial charge in [-0.05, 0) is 35.8 Å². The Hall–Kier alpha value is -2.34. The number of aryl methyl sites for hydroxylation is 1. The first kappa shape index (κ1) is 20.9. The zero-order valence-corrected chi connectivity index (χ0v) is 19.1. The first-order chi connectivity index (χ1) is 14.3. The average Bonchev–Trinajstić information content (AvgIpc) is 3.21. The topological polar surface area (TPSA) is 101 Å². The quantitative estimate of drug-likeness (QED) is 0.548. The van der Waals surface area contributed by atoms with Crippen molar-refractivity contribution in [2.45, 2.75) is 19.4 Å². The second-order valence-electron chi connectivity index (χ2n) is 7.50. The van der Waals surface area contributed by atoms with E-state index in [1.165, 1.54) is 17.5 Å². The fourth-order valence-electron chi connectivity index (χ4n) is 3.38. The van der Waals surface area contributed by atoms with Crippen molar-refractivity contribution in [1.29, 1.82) is 0 Å². The number of amides is 2. The average molecular weight is 493 g/mol. The number of fused-ring (bicyclic) bond motifs is 1. The number of aromatic nitrogens is 3. The first-order valence-electron chi connectivity index (χ1n) is 9.24. The molecule has 0 aliphatic carbocycles. The highest BCUT2D eigenvalue weighted by Gasteiger charge is 2.39. The molecule has 0 unspecified atom stereocenters. The van der Waals surface area contributed by atoms with E-state index in [1.807, 2.05) is 11.8 Å². The molecular weight excluding hydrogens is 472 g/mol. The number of carbonyl (C=O) groups excluding carboxylic acids is 2. The molecule has 3 aromatic heterocycles. The molecule has 158 valence electrons. The molecule has 0 aromatic carbocycles. The van der Waals surface area contributed by atoms with Crippen LogP contribution in [0.1, 0.15) is 23.0 Å². The van der Waals surface area contributed by atoms with Crippen molar-refractivity contribution in [2.24, 2.45) is 0 Å². The van der Waals surface area contributed by atoms with Gasteiger partial charge in [0, 0.05) is 20.2 Å². The summed E-state index contributed by atoms with van der Waals surface area (Å²) >= 11 is 4.82. The summed E-state index contributed by atoms with van der Waals surface area (Å²) in [5, 5.41) is 9.90. The van der Waals surface area contributed by atoms with E-state index in [4.69, 9.17) is 4.74 Å². The van der Waals surface area contributed by atoms with E-state index in [-0.39, 0.29) is 24.0 Å². The number of carbonyl (C=O) groups is 2. The molecular formula is C19H21BrN6O3S. The molecule has 9 nitrogen and oxygen atoms in total. The number of nitrogens with one attached hydrogen (secondary N) is 2. The highest BCUT2D eigenvalue weighted by Crippen LogP contribution is 2.27. The van der Waals surface area contributed by atoms with Gasteiger partial charge in [-0.15, -0.1) is 11.3 Å². The Morgan fingerprint density at radius 2 is 2.10 bits per heavy atom. The molecule has 0 spiro atoms. The minimum Gasteiger partial charge on any atom is -0.376 e. The van der Waals surface area contributed by atoms with Crippen molar-refractivity contribution in [3.8, 4) is 0 Å². The van der Waals surface area contributed by atoms with Gasteiger partial charge >= 0.3 is 0 Å². The fraction of sp³-hybridized carbons (Fsp3) is 0.368. The first-order valence-corrected chi connectivity index (χ1v) is 10.9. The molecule has 1 aliphatic heterocycles. The Bertz CT molecular complexity index is 1120. The summed E-state index contributed by atoms with van der Waals surface area (Å²) in [7, 11) is 1.68. The van der Waals surface area contributed by atoms with Gasteiger partial charge in [0.25, 0.3) is 5.91 Å². The molecule has 2 N–H and O–H groups in total. The number of nitrogens with zero attached hydrogens (tertiary/aromatic N) is 4. The highest BCUT2D eigenvalue weighted by atomic mass is 79.9. The van der Waals surface area contributed by atoms with Crippen molar-refractivity contribution in [2.75, 3.05) is 37.4 Å². The van der Waals surface area contributed by atoms with E-state index in [2.05, 4.69) is 36.6 Å². The van der Waals surface area contributed by atoms with E-state index in [0.29, 0.717) is 35.7 Å². The predicted octanol–water partition coefficient (Wildman–Crippen LogP) is 2.77. The van der Waals surface area contributed by atoms with Gasteiger partial charge in [0.2, 0.25) is 5.91 Å². The van der Waals surface area contributed by atoms with Gasteiger partial charge < -0.3 is 15.4 Å². The molecule has 1 saturated heterocycles. The van der Waals surface area contributed by atoms with E-state index in [0.717, 1.165) is 8.62 Å². The SMILES string of the molecule is COC1(C)CN(CC(=O)Nc2cnc(C)c(NC(=O)c3cnn4cc(Br)sc34)c2)C1. The largest absolute Gasteiger partial charge is 0.376 e. The van der Waals surface area contributed by atoms with Gasteiger partial charge in [0.15, 0.2) is 0 Å². The van der Waals surface area contributed by atoms with Crippen LogP contribution in [0.4, 0.5) is 11.4 Å². The van der Waals surface area contributed by atoms with Crippen molar-refractivity contribution < 1.29 is 14.3 Å². The van der Waals surface area contributed by atoms with Gasteiger partial charge in [0.1, 0.15) is 4.83 Å². The van der Waals surface area contributed by atoms with Gasteiger partial charge in [-0.25, -0.2) is 4.52 Å². The lowest BCUT2D eigenvalue weighted by Crippen LogP contribution is -2.62. The van der Waals surface area contributed by atoms with Crippen LogP contribution < -0.4 is 10.6 Å². The summed E-state index contributed by atoms with van der Waals surface area (Å²) in [6.45, 7) is 5.51. The van der Waals surface area contributed by atoms with Crippen LogP contribution in [0.5, 0.6) is 0 Å². The molecule has 2 amide bonds. The zero-order valence-electron chi connectivity index (χ0n) is 16.7. The van der Waals surface area contributed by atoms with E-state index in [9.17, 15) is 9.59 Å². The van der Waals surface area contributed by atoms with Crippen molar-refractivity contribution in [1.82, 2.24) is 19.5 Å². The van der Waals surface area contributed by atoms with Crippen molar-refractivity contribution in [3.63, 3.8) is 0 Å². The van der Waals surface area contributed by atoms with Crippen molar-refractivity contribution >= 4 is 55.3 Å². The third-order valence-electron chi connectivity index (χ3n) is 5.01. The Morgan fingerprint density at radius 3 is 2.83 bits per heavy atom. The number of ether oxygens (including phenoxy) is 1. The lowest BCUT2D eigenvalue weighted by atomic mass is 9.96. The summed E-state index contributed by atoms with van der Waals surface area (Å²) in [5.41, 5.74) is 1.99. The second-order valence-corrected chi connectivity index (χ2v) is 9.91. The lowest BCUT2D eigenvalue weighted by Gasteiger charge is -2.46. The summed E-state index contributed by atoms with van der Waals surface area (Å²) in [6.07, 6.45) is 4.91. The number of hydrogen-bond donors (Lipinski definition) is 2. The van der Waals surface area contributed by atoms with Crippen molar-refractivity contribution in [3.05, 3.63) is 39.7 Å². The number of thiazole rings is 1. The highest BCUT2D eigenvalue weighted by molar-refractivity contribution is 9.11. The van der Waals surface area contributed by atoms with Gasteiger partial charge in [0.05, 0.1) is 57.2 Å². The summed E-state index contributed by atoms with van der Waals surface area (Å²) in [5.74, 6) is -0.426. The second kappa shape index (κ2) is 8.06. The number of rotatable bonds is 6. The number of halogens is 1. The van der Waals surface area contributed by atoms with Crippen LogP contribution in [0.25, 0.3) is 4.83 Å². The van der Waals surface area contributed by atoms with Gasteiger partial charge in [-0.1, -0.05) is 0 Å². The minimum absolute atomic E-state index is 0.141. The Balaban J connectivity index is 1.41. The molecule has 0 bridgehead atoms. The maximum Gasteiger partial charge on any atom is 0.260 e. The molecule has 1 fully saturated rings. The van der Waals surface area contributed by atoms with E-state index < -0.39 is 0 Å².